The van der Waals surface area contributed by atoms with Crippen molar-refractivity contribution in [2.75, 3.05) is 6.54 Å². The van der Waals surface area contributed by atoms with Crippen LogP contribution in [0, 0.1) is 0 Å². The average molecular weight is 416 g/mol. The summed E-state index contributed by atoms with van der Waals surface area (Å²) >= 11 is 0. The van der Waals surface area contributed by atoms with E-state index in [4.69, 9.17) is 4.74 Å². The first-order valence-corrected chi connectivity index (χ1v) is 10.0. The molecular formula is C24H24N4O3. The van der Waals surface area contributed by atoms with Gasteiger partial charge in [0.2, 0.25) is 0 Å². The van der Waals surface area contributed by atoms with Crippen LogP contribution in [-0.2, 0) is 14.3 Å². The fourth-order valence-electron chi connectivity index (χ4n) is 3.32. The summed E-state index contributed by atoms with van der Waals surface area (Å²) in [5, 5.41) is 0.994. The molecule has 4 rings (SSSR count). The van der Waals surface area contributed by atoms with Gasteiger partial charge >= 0.3 is 5.97 Å². The van der Waals surface area contributed by atoms with Crippen molar-refractivity contribution in [1.82, 2.24) is 14.9 Å². The van der Waals surface area contributed by atoms with E-state index < -0.39 is 11.6 Å². The van der Waals surface area contributed by atoms with Gasteiger partial charge in [-0.1, -0.05) is 18.2 Å². The molecule has 1 aliphatic heterocycles. The Hall–Kier alpha value is -3.87. The Morgan fingerprint density at radius 2 is 1.97 bits per heavy atom. The third kappa shape index (κ3) is 4.66. The standard InChI is InChI=1S/C24H24N4O3/c1-24(2,3)31-22(29)15-28-21(9-8-16-10-11-25-13-16)27-20(23(28)30)12-17-14-26-19-7-5-4-6-18(17)19/h4-14,25-26H,15H2,1-3H3/b9-8+,20-12-. The van der Waals surface area contributed by atoms with Crippen LogP contribution < -0.4 is 0 Å². The average Bonchev–Trinajstić information content (AvgIpc) is 3.42. The summed E-state index contributed by atoms with van der Waals surface area (Å²) in [4.78, 5) is 37.6. The zero-order valence-corrected chi connectivity index (χ0v) is 17.7. The van der Waals surface area contributed by atoms with Gasteiger partial charge in [-0.25, -0.2) is 4.99 Å². The lowest BCUT2D eigenvalue weighted by Gasteiger charge is -2.22. The molecule has 1 amide bonds. The SMILES string of the molecule is CC(C)(C)OC(=O)CN1C(=O)/C(=C/c2c[nH]c3ccccc23)N=C1/C=C/c1cc[nH]c1. The summed E-state index contributed by atoms with van der Waals surface area (Å²) < 4.78 is 5.40. The Bertz CT molecular complexity index is 1210. The molecule has 0 spiro atoms. The lowest BCUT2D eigenvalue weighted by Crippen LogP contribution is -2.39. The van der Waals surface area contributed by atoms with E-state index in [2.05, 4.69) is 15.0 Å². The summed E-state index contributed by atoms with van der Waals surface area (Å²) in [6, 6.07) is 9.73. The number of fused-ring (bicyclic) bond motifs is 1. The summed E-state index contributed by atoms with van der Waals surface area (Å²) in [7, 11) is 0. The number of aromatic amines is 2. The summed E-state index contributed by atoms with van der Waals surface area (Å²) in [6.07, 6.45) is 10.8. The molecule has 0 unspecified atom stereocenters. The molecule has 3 aromatic rings. The van der Waals surface area contributed by atoms with Gasteiger partial charge in [-0.3, -0.25) is 14.5 Å². The number of carbonyl (C=O) groups excluding carboxylic acids is 2. The highest BCUT2D eigenvalue weighted by atomic mass is 16.6. The van der Waals surface area contributed by atoms with Crippen LogP contribution >= 0.6 is 0 Å². The van der Waals surface area contributed by atoms with Crippen LogP contribution in [0.15, 0.2) is 65.7 Å². The van der Waals surface area contributed by atoms with E-state index in [0.29, 0.717) is 5.84 Å². The van der Waals surface area contributed by atoms with Crippen molar-refractivity contribution in [2.45, 2.75) is 26.4 Å². The number of H-pyrrole nitrogens is 2. The monoisotopic (exact) mass is 416 g/mol. The van der Waals surface area contributed by atoms with Crippen molar-refractivity contribution < 1.29 is 14.3 Å². The highest BCUT2D eigenvalue weighted by Crippen LogP contribution is 2.24. The zero-order chi connectivity index (χ0) is 22.0. The molecule has 158 valence electrons. The Morgan fingerprint density at radius 1 is 1.16 bits per heavy atom. The maximum Gasteiger partial charge on any atom is 0.326 e. The zero-order valence-electron chi connectivity index (χ0n) is 17.7. The van der Waals surface area contributed by atoms with Crippen LogP contribution in [0.5, 0.6) is 0 Å². The molecule has 0 saturated heterocycles. The fourth-order valence-corrected chi connectivity index (χ4v) is 3.32. The molecular weight excluding hydrogens is 392 g/mol. The predicted molar refractivity (Wildman–Crippen MR) is 121 cm³/mol. The van der Waals surface area contributed by atoms with Crippen molar-refractivity contribution in [3.63, 3.8) is 0 Å². The predicted octanol–water partition coefficient (Wildman–Crippen LogP) is 4.13. The van der Waals surface area contributed by atoms with E-state index in [1.165, 1.54) is 4.90 Å². The van der Waals surface area contributed by atoms with Crippen LogP contribution in [0.2, 0.25) is 0 Å². The van der Waals surface area contributed by atoms with E-state index in [-0.39, 0.29) is 18.1 Å². The van der Waals surface area contributed by atoms with Gasteiger partial charge in [0.1, 0.15) is 23.7 Å². The van der Waals surface area contributed by atoms with Gasteiger partial charge in [0.05, 0.1) is 0 Å². The van der Waals surface area contributed by atoms with Crippen molar-refractivity contribution >= 4 is 40.8 Å². The van der Waals surface area contributed by atoms with Gasteiger partial charge in [0.15, 0.2) is 0 Å². The largest absolute Gasteiger partial charge is 0.459 e. The van der Waals surface area contributed by atoms with E-state index >= 15 is 0 Å². The molecule has 2 N–H and O–H groups in total. The number of hydrogen-bond donors (Lipinski definition) is 2. The highest BCUT2D eigenvalue weighted by Gasteiger charge is 2.32. The highest BCUT2D eigenvalue weighted by molar-refractivity contribution is 6.20. The summed E-state index contributed by atoms with van der Waals surface area (Å²) in [5.41, 5.74) is 2.39. The van der Waals surface area contributed by atoms with Gasteiger partial charge in [-0.2, -0.15) is 0 Å². The van der Waals surface area contributed by atoms with Crippen molar-refractivity contribution in [1.29, 1.82) is 0 Å². The normalized spacial score (nSPS) is 16.0. The topological polar surface area (TPSA) is 90.5 Å². The number of aromatic nitrogens is 2. The second-order valence-corrected chi connectivity index (χ2v) is 8.24. The molecule has 3 heterocycles. The maximum absolute atomic E-state index is 13.1. The second-order valence-electron chi connectivity index (χ2n) is 8.24. The van der Waals surface area contributed by atoms with Crippen LogP contribution in [0.4, 0.5) is 0 Å². The molecule has 7 nitrogen and oxygen atoms in total. The minimum atomic E-state index is -0.638. The van der Waals surface area contributed by atoms with Crippen LogP contribution in [0.25, 0.3) is 23.1 Å². The van der Waals surface area contributed by atoms with E-state index in [1.54, 1.807) is 32.9 Å². The number of nitrogens with zero attached hydrogens (tertiary/aromatic N) is 2. The number of aliphatic imine (C=N–C) groups is 1. The maximum atomic E-state index is 13.1. The second kappa shape index (κ2) is 8.10. The van der Waals surface area contributed by atoms with Gasteiger partial charge in [-0.05, 0) is 56.7 Å². The Labute approximate surface area is 180 Å². The van der Waals surface area contributed by atoms with E-state index in [9.17, 15) is 9.59 Å². The Morgan fingerprint density at radius 3 is 2.71 bits per heavy atom. The molecule has 0 bridgehead atoms. The van der Waals surface area contributed by atoms with Gasteiger partial charge in [0.25, 0.3) is 5.91 Å². The number of amidine groups is 1. The van der Waals surface area contributed by atoms with Gasteiger partial charge in [-0.15, -0.1) is 0 Å². The minimum absolute atomic E-state index is 0.211. The lowest BCUT2D eigenvalue weighted by atomic mass is 10.1. The first-order valence-electron chi connectivity index (χ1n) is 10.0. The van der Waals surface area contributed by atoms with Crippen molar-refractivity contribution in [3.05, 3.63) is 71.8 Å². The van der Waals surface area contributed by atoms with Crippen LogP contribution in [-0.4, -0.2) is 44.7 Å². The third-order valence-corrected chi connectivity index (χ3v) is 4.64. The molecule has 1 aromatic carbocycles. The van der Waals surface area contributed by atoms with Gasteiger partial charge < -0.3 is 14.7 Å². The third-order valence-electron chi connectivity index (χ3n) is 4.64. The van der Waals surface area contributed by atoms with Crippen molar-refractivity contribution in [3.8, 4) is 0 Å². The number of hydrogen-bond acceptors (Lipinski definition) is 4. The number of amides is 1. The van der Waals surface area contributed by atoms with Crippen LogP contribution in [0.3, 0.4) is 0 Å². The number of carbonyl (C=O) groups is 2. The summed E-state index contributed by atoms with van der Waals surface area (Å²) in [5.74, 6) is -0.440. The molecule has 31 heavy (non-hydrogen) atoms. The summed E-state index contributed by atoms with van der Waals surface area (Å²) in [6.45, 7) is 5.16. The van der Waals surface area contributed by atoms with Crippen molar-refractivity contribution in [2.24, 2.45) is 4.99 Å². The van der Waals surface area contributed by atoms with E-state index in [1.807, 2.05) is 55.0 Å². The number of nitrogens with one attached hydrogen (secondary N) is 2. The number of ether oxygens (including phenoxy) is 1. The van der Waals surface area contributed by atoms with Gasteiger partial charge in [0, 0.05) is 35.1 Å². The van der Waals surface area contributed by atoms with E-state index in [0.717, 1.165) is 22.0 Å². The van der Waals surface area contributed by atoms with Crippen LogP contribution in [0.1, 0.15) is 31.9 Å². The molecule has 0 atom stereocenters. The Balaban J connectivity index is 1.66. The number of esters is 1. The number of para-hydroxylation sites is 1. The fraction of sp³-hybridized carbons (Fsp3) is 0.208. The lowest BCUT2D eigenvalue weighted by molar-refractivity contribution is -0.156. The first kappa shape index (κ1) is 20.4. The molecule has 0 radical (unpaired) electrons. The molecule has 0 fully saturated rings. The first-order chi connectivity index (χ1) is 14.8. The molecule has 7 heteroatoms. The molecule has 0 saturated carbocycles. The molecule has 0 aliphatic carbocycles. The number of benzene rings is 1. The Kier molecular flexibility index (Phi) is 5.33. The molecule has 2 aromatic heterocycles. The quantitative estimate of drug-likeness (QED) is 0.484. The molecule has 1 aliphatic rings. The number of rotatable bonds is 5. The minimum Gasteiger partial charge on any atom is -0.459 e. The smallest absolute Gasteiger partial charge is 0.326 e.